The molecule has 0 saturated carbocycles. The molecule has 0 saturated heterocycles. The van der Waals surface area contributed by atoms with E-state index in [1.807, 2.05) is 0 Å². The van der Waals surface area contributed by atoms with E-state index in [0.717, 1.165) is 6.07 Å². The third-order valence-electron chi connectivity index (χ3n) is 3.22. The van der Waals surface area contributed by atoms with Crippen LogP contribution in [0, 0.1) is 0 Å². The number of nitrogens with zero attached hydrogens (tertiary/aromatic N) is 1. The summed E-state index contributed by atoms with van der Waals surface area (Å²) in [5.74, 6) is -1.81. The Balaban J connectivity index is 3.27. The van der Waals surface area contributed by atoms with Crippen LogP contribution in [0.3, 0.4) is 0 Å². The normalized spacial score (nSPS) is 12.7. The van der Waals surface area contributed by atoms with Crippen LogP contribution in [-0.4, -0.2) is 50.0 Å². The molecule has 1 atom stereocenters. The maximum atomic E-state index is 12.2. The monoisotopic (exact) mass is 345 g/mol. The zero-order valence-electron chi connectivity index (χ0n) is 12.7. The Morgan fingerprint density at radius 2 is 1.87 bits per heavy atom. The van der Waals surface area contributed by atoms with Crippen LogP contribution < -0.4 is 16.4 Å². The number of Topliss-reactive ketones (excluding diaryl/α,β-unsaturated/α-hetero) is 1. The van der Waals surface area contributed by atoms with Crippen LogP contribution in [0.15, 0.2) is 17.0 Å². The number of ketones is 1. The van der Waals surface area contributed by atoms with Gasteiger partial charge in [-0.1, -0.05) is 0 Å². The molecule has 0 radical (unpaired) electrons. The van der Waals surface area contributed by atoms with Crippen molar-refractivity contribution in [2.45, 2.75) is 23.8 Å². The molecule has 0 aliphatic rings. The number of nitrogens with two attached hydrogens (primary N) is 2. The number of rotatable bonds is 7. The fourth-order valence-corrected chi connectivity index (χ4v) is 2.52. The first-order valence-corrected chi connectivity index (χ1v) is 7.99. The second-order valence-electron chi connectivity index (χ2n) is 5.18. The van der Waals surface area contributed by atoms with E-state index < -0.39 is 32.8 Å². The molecule has 0 amide bonds. The number of carboxylic acids is 1. The molecule has 128 valence electrons. The van der Waals surface area contributed by atoms with Gasteiger partial charge in [-0.05, 0) is 18.6 Å². The molecule has 23 heavy (non-hydrogen) atoms. The van der Waals surface area contributed by atoms with Crippen molar-refractivity contribution in [3.05, 3.63) is 17.7 Å². The van der Waals surface area contributed by atoms with E-state index >= 15 is 0 Å². The highest BCUT2D eigenvalue weighted by molar-refractivity contribution is 7.86. The molecule has 0 aliphatic heterocycles. The first kappa shape index (κ1) is 18.9. The summed E-state index contributed by atoms with van der Waals surface area (Å²) < 4.78 is 32.1. The lowest BCUT2D eigenvalue weighted by molar-refractivity contribution is -0.138. The maximum Gasteiger partial charge on any atom is 0.320 e. The van der Waals surface area contributed by atoms with E-state index in [2.05, 4.69) is 0 Å². The van der Waals surface area contributed by atoms with Gasteiger partial charge in [0.15, 0.2) is 5.78 Å². The summed E-state index contributed by atoms with van der Waals surface area (Å²) in [6.07, 6.45) is -0.347. The first-order chi connectivity index (χ1) is 10.4. The van der Waals surface area contributed by atoms with Crippen molar-refractivity contribution in [2.24, 2.45) is 5.73 Å². The van der Waals surface area contributed by atoms with Gasteiger partial charge in [0.05, 0.1) is 5.69 Å². The standard InChI is InChI=1S/C13H19N3O6S/c1-16(2)7-5-8(10(17)4-3-9(14)13(18)19)12(15)11(6-7)23(20,21)22/h5-6,9H,3-4,14-15H2,1-2H3,(H,18,19)(H,20,21,22). The number of benzene rings is 1. The van der Waals surface area contributed by atoms with Gasteiger partial charge in [0.1, 0.15) is 10.9 Å². The van der Waals surface area contributed by atoms with Gasteiger partial charge in [-0.15, -0.1) is 0 Å². The van der Waals surface area contributed by atoms with Crippen LogP contribution in [0.5, 0.6) is 0 Å². The number of anilines is 2. The number of hydrogen-bond donors (Lipinski definition) is 4. The van der Waals surface area contributed by atoms with Crippen LogP contribution in [0.25, 0.3) is 0 Å². The number of carbonyl (C=O) groups is 2. The van der Waals surface area contributed by atoms with Gasteiger partial charge in [0.2, 0.25) is 0 Å². The molecule has 1 rings (SSSR count). The van der Waals surface area contributed by atoms with Crippen LogP contribution in [0.2, 0.25) is 0 Å². The highest BCUT2D eigenvalue weighted by Crippen LogP contribution is 2.29. The van der Waals surface area contributed by atoms with E-state index in [9.17, 15) is 22.6 Å². The largest absolute Gasteiger partial charge is 0.480 e. The van der Waals surface area contributed by atoms with Gasteiger partial charge in [-0.25, -0.2) is 0 Å². The summed E-state index contributed by atoms with van der Waals surface area (Å²) in [5.41, 5.74) is 10.9. The molecular formula is C13H19N3O6S. The first-order valence-electron chi connectivity index (χ1n) is 6.55. The topological polar surface area (TPSA) is 164 Å². The summed E-state index contributed by atoms with van der Waals surface area (Å²) in [4.78, 5) is 23.8. The van der Waals surface area contributed by atoms with E-state index in [4.69, 9.17) is 16.6 Å². The van der Waals surface area contributed by atoms with E-state index in [1.165, 1.54) is 11.0 Å². The third kappa shape index (κ3) is 4.65. The summed E-state index contributed by atoms with van der Waals surface area (Å²) in [5, 5.41) is 8.71. The fourth-order valence-electron chi connectivity index (χ4n) is 1.86. The zero-order valence-corrected chi connectivity index (χ0v) is 13.5. The summed E-state index contributed by atoms with van der Waals surface area (Å²) in [6, 6.07) is 1.31. The molecule has 9 nitrogen and oxygen atoms in total. The highest BCUT2D eigenvalue weighted by atomic mass is 32.2. The van der Waals surface area contributed by atoms with Crippen molar-refractivity contribution in [1.29, 1.82) is 0 Å². The molecule has 1 unspecified atom stereocenters. The van der Waals surface area contributed by atoms with Gasteiger partial charge in [0, 0.05) is 31.8 Å². The Morgan fingerprint density at radius 1 is 1.30 bits per heavy atom. The molecule has 0 aliphatic carbocycles. The second kappa shape index (κ2) is 6.94. The van der Waals surface area contributed by atoms with E-state index in [0.29, 0.717) is 5.69 Å². The molecule has 0 bridgehead atoms. The van der Waals surface area contributed by atoms with Crippen molar-refractivity contribution in [3.63, 3.8) is 0 Å². The zero-order chi connectivity index (χ0) is 17.9. The lowest BCUT2D eigenvalue weighted by Crippen LogP contribution is -2.30. The predicted molar refractivity (Wildman–Crippen MR) is 84.2 cm³/mol. The molecule has 0 spiro atoms. The maximum absolute atomic E-state index is 12.2. The van der Waals surface area contributed by atoms with Crippen LogP contribution in [0.4, 0.5) is 11.4 Å². The molecule has 6 N–H and O–H groups in total. The van der Waals surface area contributed by atoms with Crippen molar-refractivity contribution in [1.82, 2.24) is 0 Å². The Labute approximate surface area is 133 Å². The Hall–Kier alpha value is -2.17. The lowest BCUT2D eigenvalue weighted by atomic mass is 10.0. The molecule has 0 fully saturated rings. The smallest absolute Gasteiger partial charge is 0.320 e. The molecular weight excluding hydrogens is 326 g/mol. The van der Waals surface area contributed by atoms with Gasteiger partial charge in [0.25, 0.3) is 10.1 Å². The third-order valence-corrected chi connectivity index (χ3v) is 4.11. The number of hydrogen-bond acceptors (Lipinski definition) is 7. The van der Waals surface area contributed by atoms with Crippen LogP contribution in [-0.2, 0) is 14.9 Å². The van der Waals surface area contributed by atoms with Gasteiger partial charge < -0.3 is 21.5 Å². The van der Waals surface area contributed by atoms with Crippen molar-refractivity contribution in [2.75, 3.05) is 24.7 Å². The molecule has 10 heteroatoms. The van der Waals surface area contributed by atoms with E-state index in [-0.39, 0.29) is 24.1 Å². The average Bonchev–Trinajstić information content (AvgIpc) is 2.42. The Kier molecular flexibility index (Phi) is 5.70. The number of nitrogen functional groups attached to an aromatic ring is 1. The van der Waals surface area contributed by atoms with Crippen molar-refractivity contribution in [3.8, 4) is 0 Å². The minimum Gasteiger partial charge on any atom is -0.480 e. The number of aliphatic carboxylic acids is 1. The second-order valence-corrected chi connectivity index (χ2v) is 6.57. The average molecular weight is 345 g/mol. The summed E-state index contributed by atoms with van der Waals surface area (Å²) in [6.45, 7) is 0. The molecule has 0 heterocycles. The van der Waals surface area contributed by atoms with E-state index in [1.54, 1.807) is 14.1 Å². The number of carbonyl (C=O) groups excluding carboxylic acids is 1. The van der Waals surface area contributed by atoms with Crippen LogP contribution in [0.1, 0.15) is 23.2 Å². The summed E-state index contributed by atoms with van der Waals surface area (Å²) in [7, 11) is -1.38. The fraction of sp³-hybridized carbons (Fsp3) is 0.385. The predicted octanol–water partition coefficient (Wildman–Crippen LogP) is -0.0437. The SMILES string of the molecule is CN(C)c1cc(C(=O)CCC(N)C(=O)O)c(N)c(S(=O)(=O)O)c1. The highest BCUT2D eigenvalue weighted by Gasteiger charge is 2.23. The molecule has 1 aromatic carbocycles. The molecule has 1 aromatic rings. The van der Waals surface area contributed by atoms with Gasteiger partial charge in [-0.3, -0.25) is 14.1 Å². The van der Waals surface area contributed by atoms with Gasteiger partial charge >= 0.3 is 5.97 Å². The van der Waals surface area contributed by atoms with Crippen LogP contribution >= 0.6 is 0 Å². The van der Waals surface area contributed by atoms with Crippen molar-refractivity contribution >= 4 is 33.2 Å². The minimum absolute atomic E-state index is 0.110. The van der Waals surface area contributed by atoms with Crippen molar-refractivity contribution < 1.29 is 27.7 Å². The molecule has 0 aromatic heterocycles. The minimum atomic E-state index is -4.61. The Morgan fingerprint density at radius 3 is 2.30 bits per heavy atom. The Bertz CT molecular complexity index is 729. The van der Waals surface area contributed by atoms with Gasteiger partial charge in [-0.2, -0.15) is 8.42 Å². The lowest BCUT2D eigenvalue weighted by Gasteiger charge is -2.17. The number of carboxylic acid groups (broad SMARTS) is 1. The quantitative estimate of drug-likeness (QED) is 0.301. The summed E-state index contributed by atoms with van der Waals surface area (Å²) >= 11 is 0.